The van der Waals surface area contributed by atoms with Crippen LogP contribution in [-0.2, 0) is 12.6 Å². The van der Waals surface area contributed by atoms with Crippen molar-refractivity contribution in [3.05, 3.63) is 43.8 Å². The molecule has 1 atom stereocenters. The van der Waals surface area contributed by atoms with Gasteiger partial charge in [0.2, 0.25) is 0 Å². The predicted octanol–water partition coefficient (Wildman–Crippen LogP) is 5.44. The van der Waals surface area contributed by atoms with Crippen LogP contribution in [0, 0.1) is 25.2 Å². The molecule has 0 aliphatic rings. The average molecular weight is 409 g/mol. The quantitative estimate of drug-likeness (QED) is 0.538. The highest BCUT2D eigenvalue weighted by Crippen LogP contribution is 2.37. The van der Waals surface area contributed by atoms with Gasteiger partial charge in [0.05, 0.1) is 16.6 Å². The largest absolute Gasteiger partial charge is 0.433 e. The lowest BCUT2D eigenvalue weighted by molar-refractivity contribution is -0.140. The van der Waals surface area contributed by atoms with Gasteiger partial charge in [0.15, 0.2) is 11.7 Å². The summed E-state index contributed by atoms with van der Waals surface area (Å²) in [6, 6.07) is 4.21. The van der Waals surface area contributed by atoms with Crippen LogP contribution in [0.4, 0.5) is 13.2 Å². The number of aryl methyl sites for hydroxylation is 3. The van der Waals surface area contributed by atoms with E-state index < -0.39 is 23.6 Å². The highest BCUT2D eigenvalue weighted by Gasteiger charge is 2.34. The number of hydrogen-bond donors (Lipinski definition) is 0. The zero-order valence-electron chi connectivity index (χ0n) is 14.6. The number of halogens is 3. The van der Waals surface area contributed by atoms with Gasteiger partial charge in [-0.05, 0) is 38.0 Å². The standard InChI is InChI=1S/C18H14F3N3OS2/c1-4-12-9(3)26-17(23-12)11(7-22)14(25)15-8(2)10-5-6-13(18(19,20)21)24-16(10)27-15/h5-6,11H,4H2,1-3H3/t11-/m1/s1. The lowest BCUT2D eigenvalue weighted by atomic mass is 10.0. The number of nitrogens with zero attached hydrogens (tertiary/aromatic N) is 3. The summed E-state index contributed by atoms with van der Waals surface area (Å²) in [5.74, 6) is -1.54. The Morgan fingerprint density at radius 2 is 1.96 bits per heavy atom. The van der Waals surface area contributed by atoms with Crippen LogP contribution < -0.4 is 0 Å². The van der Waals surface area contributed by atoms with Gasteiger partial charge in [-0.25, -0.2) is 9.97 Å². The van der Waals surface area contributed by atoms with E-state index >= 15 is 0 Å². The Morgan fingerprint density at radius 3 is 2.52 bits per heavy atom. The average Bonchev–Trinajstić information content (AvgIpc) is 3.14. The molecule has 0 aliphatic heterocycles. The van der Waals surface area contributed by atoms with E-state index in [0.717, 1.165) is 28.0 Å². The molecule has 27 heavy (non-hydrogen) atoms. The number of aromatic nitrogens is 2. The molecule has 0 radical (unpaired) electrons. The predicted molar refractivity (Wildman–Crippen MR) is 98.3 cm³/mol. The molecule has 3 aromatic rings. The first-order valence-corrected chi connectivity index (χ1v) is 9.68. The van der Waals surface area contributed by atoms with Crippen LogP contribution in [0.5, 0.6) is 0 Å². The van der Waals surface area contributed by atoms with Crippen molar-refractivity contribution < 1.29 is 18.0 Å². The van der Waals surface area contributed by atoms with Crippen LogP contribution in [0.15, 0.2) is 12.1 Å². The van der Waals surface area contributed by atoms with Gasteiger partial charge in [0, 0.05) is 10.3 Å². The van der Waals surface area contributed by atoms with Crippen molar-refractivity contribution >= 4 is 38.7 Å². The highest BCUT2D eigenvalue weighted by atomic mass is 32.1. The van der Waals surface area contributed by atoms with E-state index in [4.69, 9.17) is 0 Å². The van der Waals surface area contributed by atoms with Gasteiger partial charge in [0.25, 0.3) is 0 Å². The van der Waals surface area contributed by atoms with E-state index in [1.807, 2.05) is 19.9 Å². The summed E-state index contributed by atoms with van der Waals surface area (Å²) in [6.07, 6.45) is -3.86. The van der Waals surface area contributed by atoms with Gasteiger partial charge in [-0.1, -0.05) is 6.92 Å². The van der Waals surface area contributed by atoms with Gasteiger partial charge in [-0.2, -0.15) is 18.4 Å². The Balaban J connectivity index is 2.06. The molecule has 3 rings (SSSR count). The number of rotatable bonds is 4. The Morgan fingerprint density at radius 1 is 1.26 bits per heavy atom. The van der Waals surface area contributed by atoms with Crippen molar-refractivity contribution in [3.8, 4) is 6.07 Å². The van der Waals surface area contributed by atoms with Gasteiger partial charge in [-0.15, -0.1) is 22.7 Å². The zero-order chi connectivity index (χ0) is 19.9. The molecule has 0 aliphatic carbocycles. The highest BCUT2D eigenvalue weighted by molar-refractivity contribution is 7.20. The molecule has 3 aromatic heterocycles. The van der Waals surface area contributed by atoms with E-state index in [0.29, 0.717) is 22.4 Å². The number of nitriles is 1. The van der Waals surface area contributed by atoms with Crippen LogP contribution in [0.25, 0.3) is 10.2 Å². The monoisotopic (exact) mass is 409 g/mol. The number of alkyl halides is 3. The molecule has 0 saturated heterocycles. The molecule has 140 valence electrons. The lowest BCUT2D eigenvalue weighted by Crippen LogP contribution is -2.10. The van der Waals surface area contributed by atoms with Crippen LogP contribution in [0.2, 0.25) is 0 Å². The molecule has 4 nitrogen and oxygen atoms in total. The van der Waals surface area contributed by atoms with Crippen LogP contribution >= 0.6 is 22.7 Å². The molecular weight excluding hydrogens is 395 g/mol. The van der Waals surface area contributed by atoms with Gasteiger partial charge in [-0.3, -0.25) is 4.79 Å². The number of Topliss-reactive ketones (excluding diaryl/α,β-unsaturated/α-hetero) is 1. The summed E-state index contributed by atoms with van der Waals surface area (Å²) in [6.45, 7) is 5.47. The topological polar surface area (TPSA) is 66.6 Å². The Kier molecular flexibility index (Phi) is 5.06. The number of thiazole rings is 1. The summed E-state index contributed by atoms with van der Waals surface area (Å²) in [5.41, 5.74) is 0.369. The van der Waals surface area contributed by atoms with Gasteiger partial charge in [0.1, 0.15) is 15.5 Å². The summed E-state index contributed by atoms with van der Waals surface area (Å²) in [7, 11) is 0. The van der Waals surface area contributed by atoms with Crippen LogP contribution in [0.1, 0.15) is 49.3 Å². The maximum absolute atomic E-state index is 13.0. The summed E-state index contributed by atoms with van der Waals surface area (Å²) >= 11 is 2.18. The maximum Gasteiger partial charge on any atom is 0.433 e. The molecule has 0 fully saturated rings. The van der Waals surface area contributed by atoms with Gasteiger partial charge >= 0.3 is 6.18 Å². The Bertz CT molecular complexity index is 1080. The number of hydrogen-bond acceptors (Lipinski definition) is 6. The van der Waals surface area contributed by atoms with Crippen molar-refractivity contribution in [1.82, 2.24) is 9.97 Å². The van der Waals surface area contributed by atoms with Gasteiger partial charge < -0.3 is 0 Å². The zero-order valence-corrected chi connectivity index (χ0v) is 16.3. The molecule has 0 spiro atoms. The number of thiophene rings is 1. The fraction of sp³-hybridized carbons (Fsp3) is 0.333. The minimum atomic E-state index is -4.56. The van der Waals surface area contributed by atoms with Crippen LogP contribution in [0.3, 0.4) is 0 Å². The first-order valence-electron chi connectivity index (χ1n) is 8.04. The third-order valence-corrected chi connectivity index (χ3v) is 6.49. The number of carbonyl (C=O) groups excluding carboxylic acids is 1. The minimum absolute atomic E-state index is 0.131. The van der Waals surface area contributed by atoms with Crippen molar-refractivity contribution in [1.29, 1.82) is 5.26 Å². The molecular formula is C18H14F3N3OS2. The fourth-order valence-corrected chi connectivity index (χ4v) is 4.96. The Hall–Kier alpha value is -2.31. The van der Waals surface area contributed by atoms with Crippen molar-refractivity contribution in [2.24, 2.45) is 0 Å². The van der Waals surface area contributed by atoms with E-state index in [-0.39, 0.29) is 9.71 Å². The molecule has 0 amide bonds. The summed E-state index contributed by atoms with van der Waals surface area (Å²) < 4.78 is 38.7. The number of pyridine rings is 1. The molecule has 3 heterocycles. The van der Waals surface area contributed by atoms with Crippen LogP contribution in [-0.4, -0.2) is 15.8 Å². The number of carbonyl (C=O) groups is 1. The normalized spacial score (nSPS) is 12.9. The third-order valence-electron chi connectivity index (χ3n) is 4.20. The number of fused-ring (bicyclic) bond motifs is 1. The molecule has 9 heteroatoms. The van der Waals surface area contributed by atoms with Crippen molar-refractivity contribution in [3.63, 3.8) is 0 Å². The minimum Gasteiger partial charge on any atom is -0.291 e. The fourth-order valence-electron chi connectivity index (χ4n) is 2.75. The molecule has 0 aromatic carbocycles. The van der Waals surface area contributed by atoms with E-state index in [1.54, 1.807) is 6.92 Å². The lowest BCUT2D eigenvalue weighted by Gasteiger charge is -2.04. The van der Waals surface area contributed by atoms with Crippen molar-refractivity contribution in [2.75, 3.05) is 0 Å². The van der Waals surface area contributed by atoms with E-state index in [2.05, 4.69) is 9.97 Å². The Labute approximate surface area is 161 Å². The first kappa shape index (κ1) is 19.5. The third kappa shape index (κ3) is 3.47. The van der Waals surface area contributed by atoms with E-state index in [1.165, 1.54) is 17.4 Å². The summed E-state index contributed by atoms with van der Waals surface area (Å²) in [5, 5.41) is 10.4. The summed E-state index contributed by atoms with van der Waals surface area (Å²) in [4.78, 5) is 22.3. The second-order valence-corrected chi connectivity index (χ2v) is 8.17. The smallest absolute Gasteiger partial charge is 0.291 e. The second kappa shape index (κ2) is 7.02. The second-order valence-electron chi connectivity index (χ2n) is 5.94. The molecule has 0 N–H and O–H groups in total. The van der Waals surface area contributed by atoms with Crippen molar-refractivity contribution in [2.45, 2.75) is 39.3 Å². The maximum atomic E-state index is 13.0. The molecule has 0 bridgehead atoms. The van der Waals surface area contributed by atoms with E-state index in [9.17, 15) is 23.2 Å². The SMILES string of the molecule is CCc1nc([C@H](C#N)C(=O)c2sc3nc(C(F)(F)F)ccc3c2C)sc1C. The molecule has 0 unspecified atom stereocenters. The first-order chi connectivity index (χ1) is 12.7. The molecule has 0 saturated carbocycles. The number of ketones is 1.